The van der Waals surface area contributed by atoms with Crippen LogP contribution in [0.1, 0.15) is 33.6 Å². The van der Waals surface area contributed by atoms with Gasteiger partial charge in [-0.1, -0.05) is 0 Å². The van der Waals surface area contributed by atoms with Gasteiger partial charge in [-0.25, -0.2) is 0 Å². The Morgan fingerprint density at radius 1 is 1.31 bits per heavy atom. The zero-order valence-electron chi connectivity index (χ0n) is 9.37. The van der Waals surface area contributed by atoms with Gasteiger partial charge in [0.2, 0.25) is 0 Å². The lowest BCUT2D eigenvalue weighted by Crippen LogP contribution is -2.00. The van der Waals surface area contributed by atoms with Crippen molar-refractivity contribution in [3.05, 3.63) is 43.4 Å². The van der Waals surface area contributed by atoms with E-state index < -0.39 is 6.10 Å². The van der Waals surface area contributed by atoms with E-state index in [-0.39, 0.29) is 0 Å². The van der Waals surface area contributed by atoms with Crippen LogP contribution in [0, 0.1) is 20.8 Å². The largest absolute Gasteiger partial charge is 0.466 e. The number of hydrogen-bond donors (Lipinski definition) is 1. The molecular formula is C12H13BrO2S. The quantitative estimate of drug-likeness (QED) is 0.905. The molecule has 4 heteroatoms. The predicted octanol–water partition coefficient (Wildman–Crippen LogP) is 4.11. The van der Waals surface area contributed by atoms with Gasteiger partial charge >= 0.3 is 0 Å². The molecule has 0 amide bonds. The van der Waals surface area contributed by atoms with Gasteiger partial charge in [0.1, 0.15) is 17.6 Å². The minimum atomic E-state index is -0.605. The van der Waals surface area contributed by atoms with E-state index in [1.54, 1.807) is 11.3 Å². The number of aliphatic hydroxyl groups is 1. The van der Waals surface area contributed by atoms with E-state index in [9.17, 15) is 5.11 Å². The van der Waals surface area contributed by atoms with Gasteiger partial charge in [-0.3, -0.25) is 0 Å². The minimum absolute atomic E-state index is 0.605. The summed E-state index contributed by atoms with van der Waals surface area (Å²) in [6, 6.07) is 1.95. The molecule has 0 saturated carbocycles. The number of rotatable bonds is 2. The highest BCUT2D eigenvalue weighted by Gasteiger charge is 2.22. The first-order chi connectivity index (χ1) is 7.52. The summed E-state index contributed by atoms with van der Waals surface area (Å²) in [6.45, 7) is 5.79. The Morgan fingerprint density at radius 3 is 2.44 bits per heavy atom. The zero-order valence-corrected chi connectivity index (χ0v) is 11.8. The SMILES string of the molecule is Cc1oc(C)c(C(O)c2sccc2Br)c1C. The molecule has 0 bridgehead atoms. The molecule has 0 aliphatic heterocycles. The van der Waals surface area contributed by atoms with Crippen LogP contribution in [-0.2, 0) is 0 Å². The summed E-state index contributed by atoms with van der Waals surface area (Å²) in [5.41, 5.74) is 1.92. The first kappa shape index (κ1) is 11.9. The van der Waals surface area contributed by atoms with Gasteiger partial charge in [-0.2, -0.15) is 0 Å². The van der Waals surface area contributed by atoms with E-state index >= 15 is 0 Å². The van der Waals surface area contributed by atoms with Crippen LogP contribution in [0.15, 0.2) is 20.3 Å². The van der Waals surface area contributed by atoms with Crippen LogP contribution in [0.3, 0.4) is 0 Å². The highest BCUT2D eigenvalue weighted by molar-refractivity contribution is 9.10. The van der Waals surface area contributed by atoms with Crippen molar-refractivity contribution < 1.29 is 9.52 Å². The number of halogens is 1. The Bertz CT molecular complexity index is 513. The van der Waals surface area contributed by atoms with Gasteiger partial charge in [0.25, 0.3) is 0 Å². The highest BCUT2D eigenvalue weighted by atomic mass is 79.9. The van der Waals surface area contributed by atoms with E-state index in [4.69, 9.17) is 4.42 Å². The lowest BCUT2D eigenvalue weighted by molar-refractivity contribution is 0.220. The summed E-state index contributed by atoms with van der Waals surface area (Å²) >= 11 is 4.98. The second-order valence-electron chi connectivity index (χ2n) is 3.79. The van der Waals surface area contributed by atoms with E-state index in [1.165, 1.54) is 0 Å². The molecule has 0 saturated heterocycles. The maximum absolute atomic E-state index is 10.4. The summed E-state index contributed by atoms with van der Waals surface area (Å²) in [4.78, 5) is 0.923. The smallest absolute Gasteiger partial charge is 0.118 e. The van der Waals surface area contributed by atoms with Crippen LogP contribution in [0.4, 0.5) is 0 Å². The molecule has 16 heavy (non-hydrogen) atoms. The molecule has 1 unspecified atom stereocenters. The third-order valence-corrected chi connectivity index (χ3v) is 4.71. The molecule has 0 aromatic carbocycles. The van der Waals surface area contributed by atoms with E-state index in [0.717, 1.165) is 32.0 Å². The Hall–Kier alpha value is -0.580. The Morgan fingerprint density at radius 2 is 2.00 bits per heavy atom. The fraction of sp³-hybridized carbons (Fsp3) is 0.333. The zero-order chi connectivity index (χ0) is 11.9. The van der Waals surface area contributed by atoms with Crippen LogP contribution >= 0.6 is 27.3 Å². The van der Waals surface area contributed by atoms with Gasteiger partial charge in [-0.05, 0) is 53.7 Å². The van der Waals surface area contributed by atoms with Gasteiger partial charge < -0.3 is 9.52 Å². The van der Waals surface area contributed by atoms with Crippen molar-refractivity contribution in [2.75, 3.05) is 0 Å². The van der Waals surface area contributed by atoms with Crippen molar-refractivity contribution in [2.45, 2.75) is 26.9 Å². The highest BCUT2D eigenvalue weighted by Crippen LogP contribution is 2.37. The standard InChI is InChI=1S/C12H13BrO2S/c1-6-7(2)15-8(3)10(6)11(14)12-9(13)4-5-16-12/h4-5,11,14H,1-3H3. The van der Waals surface area contributed by atoms with Gasteiger partial charge in [0.05, 0.1) is 4.88 Å². The maximum atomic E-state index is 10.4. The molecule has 2 aromatic rings. The lowest BCUT2D eigenvalue weighted by Gasteiger charge is -2.10. The molecule has 0 fully saturated rings. The van der Waals surface area contributed by atoms with E-state index in [0.29, 0.717) is 0 Å². The summed E-state index contributed by atoms with van der Waals surface area (Å²) in [6.07, 6.45) is -0.605. The average Bonchev–Trinajstić information content (AvgIpc) is 2.73. The summed E-state index contributed by atoms with van der Waals surface area (Å²) in [5.74, 6) is 1.67. The van der Waals surface area contributed by atoms with Crippen LogP contribution < -0.4 is 0 Å². The Labute approximate surface area is 107 Å². The summed E-state index contributed by atoms with van der Waals surface area (Å²) in [7, 11) is 0. The number of thiophene rings is 1. The molecule has 1 atom stereocenters. The van der Waals surface area contributed by atoms with Gasteiger partial charge in [0, 0.05) is 10.0 Å². The van der Waals surface area contributed by atoms with Crippen molar-refractivity contribution in [1.29, 1.82) is 0 Å². The molecule has 0 spiro atoms. The lowest BCUT2D eigenvalue weighted by atomic mass is 10.0. The average molecular weight is 301 g/mol. The second-order valence-corrected chi connectivity index (χ2v) is 5.59. The van der Waals surface area contributed by atoms with E-state index in [1.807, 2.05) is 32.2 Å². The fourth-order valence-electron chi connectivity index (χ4n) is 1.84. The van der Waals surface area contributed by atoms with Crippen LogP contribution in [0.2, 0.25) is 0 Å². The third-order valence-electron chi connectivity index (χ3n) is 2.78. The molecule has 1 N–H and O–H groups in total. The molecule has 0 radical (unpaired) electrons. The number of aryl methyl sites for hydroxylation is 2. The van der Waals surface area contributed by atoms with Crippen LogP contribution in [0.25, 0.3) is 0 Å². The number of aliphatic hydroxyl groups excluding tert-OH is 1. The fourth-order valence-corrected chi connectivity index (χ4v) is 3.43. The van der Waals surface area contributed by atoms with Gasteiger partial charge in [-0.15, -0.1) is 11.3 Å². The number of hydrogen-bond acceptors (Lipinski definition) is 3. The molecule has 2 heterocycles. The molecular weight excluding hydrogens is 288 g/mol. The first-order valence-electron chi connectivity index (χ1n) is 4.99. The predicted molar refractivity (Wildman–Crippen MR) is 69.0 cm³/mol. The molecule has 2 nitrogen and oxygen atoms in total. The maximum Gasteiger partial charge on any atom is 0.118 e. The second kappa shape index (κ2) is 4.35. The van der Waals surface area contributed by atoms with Crippen molar-refractivity contribution in [3.63, 3.8) is 0 Å². The number of furan rings is 1. The van der Waals surface area contributed by atoms with E-state index in [2.05, 4.69) is 15.9 Å². The Balaban J connectivity index is 2.49. The molecule has 0 aliphatic carbocycles. The monoisotopic (exact) mass is 300 g/mol. The topological polar surface area (TPSA) is 33.4 Å². The molecule has 2 aromatic heterocycles. The van der Waals surface area contributed by atoms with Crippen molar-refractivity contribution >= 4 is 27.3 Å². The third kappa shape index (κ3) is 1.85. The molecule has 0 aliphatic rings. The molecule has 2 rings (SSSR count). The van der Waals surface area contributed by atoms with Crippen LogP contribution in [-0.4, -0.2) is 5.11 Å². The van der Waals surface area contributed by atoms with Gasteiger partial charge in [0.15, 0.2) is 0 Å². The van der Waals surface area contributed by atoms with Crippen LogP contribution in [0.5, 0.6) is 0 Å². The minimum Gasteiger partial charge on any atom is -0.466 e. The summed E-state index contributed by atoms with van der Waals surface area (Å²) < 4.78 is 6.48. The Kier molecular flexibility index (Phi) is 3.24. The van der Waals surface area contributed by atoms with Crippen molar-refractivity contribution in [2.24, 2.45) is 0 Å². The summed E-state index contributed by atoms with van der Waals surface area (Å²) in [5, 5.41) is 12.3. The molecule has 86 valence electrons. The van der Waals surface area contributed by atoms with Crippen molar-refractivity contribution in [1.82, 2.24) is 0 Å². The first-order valence-corrected chi connectivity index (χ1v) is 6.67. The van der Waals surface area contributed by atoms with Crippen molar-refractivity contribution in [3.8, 4) is 0 Å². The normalized spacial score (nSPS) is 13.1.